The van der Waals surface area contributed by atoms with E-state index in [4.69, 9.17) is 14.2 Å². The van der Waals surface area contributed by atoms with Crippen LogP contribution in [0.4, 0.5) is 0 Å². The van der Waals surface area contributed by atoms with Gasteiger partial charge in [0.2, 0.25) is 0 Å². The third kappa shape index (κ3) is 3.73. The van der Waals surface area contributed by atoms with Crippen molar-refractivity contribution >= 4 is 15.9 Å². The molecule has 0 amide bonds. The Morgan fingerprint density at radius 3 is 2.80 bits per heavy atom. The van der Waals surface area contributed by atoms with Gasteiger partial charge in [-0.25, -0.2) is 0 Å². The van der Waals surface area contributed by atoms with Gasteiger partial charge in [-0.3, -0.25) is 0 Å². The summed E-state index contributed by atoms with van der Waals surface area (Å²) in [5, 5.41) is 3.59. The molecule has 20 heavy (non-hydrogen) atoms. The number of methoxy groups -OCH3 is 2. The summed E-state index contributed by atoms with van der Waals surface area (Å²) in [4.78, 5) is 0. The summed E-state index contributed by atoms with van der Waals surface area (Å²) >= 11 is 3.49. The van der Waals surface area contributed by atoms with Crippen LogP contribution in [0.1, 0.15) is 31.4 Å². The molecule has 2 rings (SSSR count). The molecule has 0 aliphatic carbocycles. The van der Waals surface area contributed by atoms with Crippen LogP contribution in [0.15, 0.2) is 22.7 Å². The van der Waals surface area contributed by atoms with Crippen LogP contribution in [0, 0.1) is 0 Å². The molecule has 5 heteroatoms. The molecule has 0 saturated heterocycles. The van der Waals surface area contributed by atoms with Crippen molar-refractivity contribution in [2.45, 2.75) is 38.1 Å². The van der Waals surface area contributed by atoms with Gasteiger partial charge in [0, 0.05) is 30.3 Å². The average Bonchev–Trinajstić information content (AvgIpc) is 2.62. The Kier molecular flexibility index (Phi) is 5.84. The summed E-state index contributed by atoms with van der Waals surface area (Å²) in [6.07, 6.45) is 1.82. The number of halogens is 1. The van der Waals surface area contributed by atoms with Gasteiger partial charge >= 0.3 is 0 Å². The summed E-state index contributed by atoms with van der Waals surface area (Å²) in [5.41, 5.74) is 1.20. The van der Waals surface area contributed by atoms with Gasteiger partial charge in [-0.1, -0.05) is 22.0 Å². The van der Waals surface area contributed by atoms with E-state index in [2.05, 4.69) is 40.3 Å². The van der Waals surface area contributed by atoms with E-state index in [1.54, 1.807) is 14.2 Å². The zero-order valence-electron chi connectivity index (χ0n) is 12.2. The van der Waals surface area contributed by atoms with Crippen LogP contribution < -0.4 is 10.1 Å². The van der Waals surface area contributed by atoms with Crippen molar-refractivity contribution < 1.29 is 14.2 Å². The third-order valence-electron chi connectivity index (χ3n) is 3.58. The van der Waals surface area contributed by atoms with Crippen LogP contribution in [0.2, 0.25) is 0 Å². The smallest absolute Gasteiger partial charge is 0.171 e. The Morgan fingerprint density at radius 2 is 2.10 bits per heavy atom. The van der Waals surface area contributed by atoms with E-state index in [-0.39, 0.29) is 18.4 Å². The van der Waals surface area contributed by atoms with E-state index in [9.17, 15) is 0 Å². The van der Waals surface area contributed by atoms with Crippen LogP contribution in [0.3, 0.4) is 0 Å². The van der Waals surface area contributed by atoms with Crippen molar-refractivity contribution in [3.63, 3.8) is 0 Å². The van der Waals surface area contributed by atoms with Gasteiger partial charge in [-0.2, -0.15) is 0 Å². The number of nitrogens with one attached hydrogen (secondary N) is 1. The molecule has 1 aliphatic rings. The summed E-state index contributed by atoms with van der Waals surface area (Å²) in [6.45, 7) is 2.83. The second kappa shape index (κ2) is 7.41. The van der Waals surface area contributed by atoms with Crippen molar-refractivity contribution in [2.24, 2.45) is 0 Å². The fourth-order valence-electron chi connectivity index (χ4n) is 2.62. The number of hydrogen-bond donors (Lipinski definition) is 1. The van der Waals surface area contributed by atoms with Gasteiger partial charge in [0.15, 0.2) is 6.29 Å². The first-order valence-electron chi connectivity index (χ1n) is 6.89. The fourth-order valence-corrected chi connectivity index (χ4v) is 2.96. The average molecular weight is 344 g/mol. The standard InChI is InChI=1S/C15H22BrNO3/c1-10(15(18-2)19-3)17-13-5-4-8-20-14-9-11(16)6-7-12(13)14/h6-7,9-10,13,15,17H,4-5,8H2,1-3H3. The molecule has 0 fully saturated rings. The van der Waals surface area contributed by atoms with Crippen molar-refractivity contribution in [1.82, 2.24) is 5.32 Å². The van der Waals surface area contributed by atoms with Crippen LogP contribution in [-0.2, 0) is 9.47 Å². The Morgan fingerprint density at radius 1 is 1.35 bits per heavy atom. The molecule has 112 valence electrons. The Balaban J connectivity index is 2.16. The lowest BCUT2D eigenvalue weighted by Crippen LogP contribution is -2.41. The van der Waals surface area contributed by atoms with Gasteiger partial charge in [0.1, 0.15) is 5.75 Å². The molecule has 0 aromatic heterocycles. The molecule has 4 nitrogen and oxygen atoms in total. The number of hydrogen-bond acceptors (Lipinski definition) is 4. The summed E-state index contributed by atoms with van der Waals surface area (Å²) < 4.78 is 17.5. The van der Waals surface area contributed by atoms with Crippen molar-refractivity contribution in [3.8, 4) is 5.75 Å². The quantitative estimate of drug-likeness (QED) is 0.833. The number of benzene rings is 1. The molecule has 2 unspecified atom stereocenters. The van der Waals surface area contributed by atoms with Gasteiger partial charge in [0.05, 0.1) is 12.6 Å². The minimum absolute atomic E-state index is 0.101. The Labute approximate surface area is 128 Å². The van der Waals surface area contributed by atoms with Crippen molar-refractivity contribution in [1.29, 1.82) is 0 Å². The Bertz CT molecular complexity index is 437. The zero-order valence-corrected chi connectivity index (χ0v) is 13.8. The molecule has 2 atom stereocenters. The molecule has 1 aromatic rings. The van der Waals surface area contributed by atoms with E-state index in [1.165, 1.54) is 5.56 Å². The highest BCUT2D eigenvalue weighted by atomic mass is 79.9. The van der Waals surface area contributed by atoms with Crippen LogP contribution in [0.25, 0.3) is 0 Å². The summed E-state index contributed by atoms with van der Waals surface area (Å²) in [7, 11) is 3.32. The number of ether oxygens (including phenoxy) is 3. The topological polar surface area (TPSA) is 39.7 Å². The maximum Gasteiger partial charge on any atom is 0.171 e. The van der Waals surface area contributed by atoms with Gasteiger partial charge in [0.25, 0.3) is 0 Å². The second-order valence-corrected chi connectivity index (χ2v) is 5.94. The minimum atomic E-state index is -0.252. The fraction of sp³-hybridized carbons (Fsp3) is 0.600. The van der Waals surface area contributed by atoms with E-state index in [0.717, 1.165) is 29.7 Å². The van der Waals surface area contributed by atoms with E-state index >= 15 is 0 Å². The molecule has 1 N–H and O–H groups in total. The highest BCUT2D eigenvalue weighted by Gasteiger charge is 2.24. The third-order valence-corrected chi connectivity index (χ3v) is 4.08. The van der Waals surface area contributed by atoms with Crippen LogP contribution in [-0.4, -0.2) is 33.2 Å². The monoisotopic (exact) mass is 343 g/mol. The van der Waals surface area contributed by atoms with Crippen LogP contribution in [0.5, 0.6) is 5.75 Å². The zero-order chi connectivity index (χ0) is 14.5. The first-order chi connectivity index (χ1) is 9.65. The minimum Gasteiger partial charge on any atom is -0.493 e. The first kappa shape index (κ1) is 15.8. The Hall–Kier alpha value is -0.620. The number of fused-ring (bicyclic) bond motifs is 1. The SMILES string of the molecule is COC(OC)C(C)NC1CCCOc2cc(Br)ccc21. The largest absolute Gasteiger partial charge is 0.493 e. The predicted molar refractivity (Wildman–Crippen MR) is 82.0 cm³/mol. The van der Waals surface area contributed by atoms with Gasteiger partial charge in [-0.05, 0) is 31.9 Å². The predicted octanol–water partition coefficient (Wildman–Crippen LogP) is 3.26. The molecule has 0 spiro atoms. The van der Waals surface area contributed by atoms with E-state index in [0.29, 0.717) is 0 Å². The highest BCUT2D eigenvalue weighted by molar-refractivity contribution is 9.10. The number of rotatable bonds is 5. The summed E-state index contributed by atoms with van der Waals surface area (Å²) in [5.74, 6) is 0.952. The van der Waals surface area contributed by atoms with Gasteiger partial charge < -0.3 is 19.5 Å². The maximum atomic E-state index is 5.82. The lowest BCUT2D eigenvalue weighted by atomic mass is 10.0. The molecule has 1 aliphatic heterocycles. The summed E-state index contributed by atoms with van der Waals surface area (Å²) in [6, 6.07) is 6.55. The van der Waals surface area contributed by atoms with E-state index in [1.807, 2.05) is 6.07 Å². The highest BCUT2D eigenvalue weighted by Crippen LogP contribution is 2.34. The van der Waals surface area contributed by atoms with Crippen molar-refractivity contribution in [3.05, 3.63) is 28.2 Å². The maximum absolute atomic E-state index is 5.82. The van der Waals surface area contributed by atoms with Crippen LogP contribution >= 0.6 is 15.9 Å². The lowest BCUT2D eigenvalue weighted by molar-refractivity contribution is -0.121. The molecule has 0 bridgehead atoms. The molecule has 0 radical (unpaired) electrons. The lowest BCUT2D eigenvalue weighted by Gasteiger charge is -2.27. The molecule has 1 aromatic carbocycles. The van der Waals surface area contributed by atoms with E-state index < -0.39 is 0 Å². The second-order valence-electron chi connectivity index (χ2n) is 5.02. The molecular weight excluding hydrogens is 322 g/mol. The normalized spacial score (nSPS) is 20.1. The molecule has 1 heterocycles. The van der Waals surface area contributed by atoms with Gasteiger partial charge in [-0.15, -0.1) is 0 Å². The first-order valence-corrected chi connectivity index (χ1v) is 7.69. The molecule has 0 saturated carbocycles. The van der Waals surface area contributed by atoms with Crippen molar-refractivity contribution in [2.75, 3.05) is 20.8 Å². The molecular formula is C15H22BrNO3.